The number of halogens is 2. The zero-order valence-corrected chi connectivity index (χ0v) is 11.2. The van der Waals surface area contributed by atoms with Gasteiger partial charge in [0.1, 0.15) is 6.61 Å². The molecule has 0 aromatic heterocycles. The van der Waals surface area contributed by atoms with E-state index in [1.54, 1.807) is 12.1 Å². The van der Waals surface area contributed by atoms with Gasteiger partial charge in [0.2, 0.25) is 0 Å². The summed E-state index contributed by atoms with van der Waals surface area (Å²) in [6.45, 7) is 2.24. The number of ether oxygens (including phenoxy) is 1. The fraction of sp³-hybridized carbons (Fsp3) is 0.571. The summed E-state index contributed by atoms with van der Waals surface area (Å²) in [5, 5.41) is 3.45. The Morgan fingerprint density at radius 3 is 2.89 bits per heavy atom. The molecule has 1 N–H and O–H groups in total. The first-order chi connectivity index (χ1) is 8.77. The lowest BCUT2D eigenvalue weighted by Crippen LogP contribution is -2.26. The van der Waals surface area contributed by atoms with Gasteiger partial charge in [0.05, 0.1) is 5.02 Å². The highest BCUT2D eigenvalue weighted by molar-refractivity contribution is 6.30. The van der Waals surface area contributed by atoms with Crippen molar-refractivity contribution in [2.75, 3.05) is 19.7 Å². The van der Waals surface area contributed by atoms with Crippen molar-refractivity contribution in [3.8, 4) is 5.75 Å². The maximum Gasteiger partial charge on any atom is 0.183 e. The Kier molecular flexibility index (Phi) is 5.26. The Bertz CT molecular complexity index is 380. The van der Waals surface area contributed by atoms with Gasteiger partial charge in [-0.15, -0.1) is 0 Å². The summed E-state index contributed by atoms with van der Waals surface area (Å²) in [6.07, 6.45) is 5.38. The van der Waals surface area contributed by atoms with Crippen LogP contribution in [0.15, 0.2) is 18.2 Å². The fourth-order valence-electron chi connectivity index (χ4n) is 2.35. The summed E-state index contributed by atoms with van der Waals surface area (Å²) in [7, 11) is 0. The zero-order chi connectivity index (χ0) is 12.8. The van der Waals surface area contributed by atoms with Gasteiger partial charge in [-0.2, -0.15) is 0 Å². The second-order valence-corrected chi connectivity index (χ2v) is 5.16. The van der Waals surface area contributed by atoms with Gasteiger partial charge in [0, 0.05) is 6.54 Å². The Morgan fingerprint density at radius 2 is 2.11 bits per heavy atom. The van der Waals surface area contributed by atoms with Crippen molar-refractivity contribution in [2.24, 2.45) is 5.92 Å². The first-order valence-corrected chi connectivity index (χ1v) is 6.92. The standard InChI is InChI=1S/C14H19ClFNO/c15-12-6-3-7-13(14(12)16)18-9-8-17-10-11-4-1-2-5-11/h3,6-7,11,17H,1-2,4-5,8-10H2. The monoisotopic (exact) mass is 271 g/mol. The number of hydrogen-bond acceptors (Lipinski definition) is 2. The minimum atomic E-state index is -0.477. The normalized spacial score (nSPS) is 16.1. The molecule has 1 aromatic carbocycles. The molecule has 0 spiro atoms. The van der Waals surface area contributed by atoms with Crippen LogP contribution < -0.4 is 10.1 Å². The first kappa shape index (κ1) is 13.6. The molecule has 2 nitrogen and oxygen atoms in total. The van der Waals surface area contributed by atoms with Crippen LogP contribution >= 0.6 is 11.6 Å². The van der Waals surface area contributed by atoms with Crippen LogP contribution in [0, 0.1) is 11.7 Å². The van der Waals surface area contributed by atoms with E-state index in [0.717, 1.165) is 19.0 Å². The van der Waals surface area contributed by atoms with Crippen LogP contribution in [0.3, 0.4) is 0 Å². The molecule has 100 valence electrons. The van der Waals surface area contributed by atoms with Crippen LogP contribution in [0.1, 0.15) is 25.7 Å². The number of rotatable bonds is 6. The molecule has 1 saturated carbocycles. The number of benzene rings is 1. The quantitative estimate of drug-likeness (QED) is 0.798. The predicted molar refractivity (Wildman–Crippen MR) is 71.7 cm³/mol. The van der Waals surface area contributed by atoms with E-state index in [-0.39, 0.29) is 10.8 Å². The molecular formula is C14H19ClFNO. The molecule has 0 radical (unpaired) electrons. The highest BCUT2D eigenvalue weighted by Crippen LogP contribution is 2.24. The van der Waals surface area contributed by atoms with Gasteiger partial charge in [-0.05, 0) is 37.4 Å². The van der Waals surface area contributed by atoms with Crippen LogP contribution in [0.4, 0.5) is 4.39 Å². The van der Waals surface area contributed by atoms with Gasteiger partial charge in [-0.1, -0.05) is 30.5 Å². The number of nitrogens with one attached hydrogen (secondary N) is 1. The SMILES string of the molecule is Fc1c(Cl)cccc1OCCNCC1CCCC1. The maximum absolute atomic E-state index is 13.5. The van der Waals surface area contributed by atoms with Crippen molar-refractivity contribution >= 4 is 11.6 Å². The van der Waals surface area contributed by atoms with Crippen molar-refractivity contribution in [2.45, 2.75) is 25.7 Å². The van der Waals surface area contributed by atoms with E-state index in [4.69, 9.17) is 16.3 Å². The minimum Gasteiger partial charge on any atom is -0.489 e. The second kappa shape index (κ2) is 6.95. The van der Waals surface area contributed by atoms with E-state index in [1.807, 2.05) is 0 Å². The van der Waals surface area contributed by atoms with E-state index < -0.39 is 5.82 Å². The smallest absolute Gasteiger partial charge is 0.183 e. The Labute approximate surface area is 112 Å². The van der Waals surface area contributed by atoms with Crippen molar-refractivity contribution < 1.29 is 9.13 Å². The van der Waals surface area contributed by atoms with Gasteiger partial charge in [-0.25, -0.2) is 4.39 Å². The van der Waals surface area contributed by atoms with E-state index in [1.165, 1.54) is 31.7 Å². The molecule has 0 atom stereocenters. The summed E-state index contributed by atoms with van der Waals surface area (Å²) in [5.74, 6) is 0.563. The molecule has 2 rings (SSSR count). The second-order valence-electron chi connectivity index (χ2n) is 4.76. The lowest BCUT2D eigenvalue weighted by atomic mass is 10.1. The molecule has 0 aliphatic heterocycles. The molecule has 1 fully saturated rings. The summed E-state index contributed by atoms with van der Waals surface area (Å²) in [4.78, 5) is 0. The molecule has 1 aromatic rings. The maximum atomic E-state index is 13.5. The largest absolute Gasteiger partial charge is 0.489 e. The summed E-state index contributed by atoms with van der Waals surface area (Å²) in [6, 6.07) is 4.80. The lowest BCUT2D eigenvalue weighted by molar-refractivity contribution is 0.294. The van der Waals surface area contributed by atoms with Crippen LogP contribution in [0.2, 0.25) is 5.02 Å². The topological polar surface area (TPSA) is 21.3 Å². The fourth-order valence-corrected chi connectivity index (χ4v) is 2.52. The zero-order valence-electron chi connectivity index (χ0n) is 10.4. The molecule has 1 aliphatic rings. The van der Waals surface area contributed by atoms with Gasteiger partial charge >= 0.3 is 0 Å². The van der Waals surface area contributed by atoms with E-state index >= 15 is 0 Å². The lowest BCUT2D eigenvalue weighted by Gasteiger charge is -2.11. The Morgan fingerprint density at radius 1 is 1.33 bits per heavy atom. The molecule has 4 heteroatoms. The summed E-state index contributed by atoms with van der Waals surface area (Å²) in [5.41, 5.74) is 0. The summed E-state index contributed by atoms with van der Waals surface area (Å²) < 4.78 is 18.8. The van der Waals surface area contributed by atoms with Crippen LogP contribution in [-0.2, 0) is 0 Å². The minimum absolute atomic E-state index is 0.103. The molecule has 0 bridgehead atoms. The van der Waals surface area contributed by atoms with Crippen LogP contribution in [-0.4, -0.2) is 19.7 Å². The van der Waals surface area contributed by atoms with Crippen molar-refractivity contribution in [1.82, 2.24) is 5.32 Å². The third-order valence-corrected chi connectivity index (χ3v) is 3.65. The number of hydrogen-bond donors (Lipinski definition) is 1. The Balaban J connectivity index is 1.64. The molecule has 0 heterocycles. The average Bonchev–Trinajstić information content (AvgIpc) is 2.87. The predicted octanol–water partition coefficient (Wildman–Crippen LogP) is 3.64. The van der Waals surface area contributed by atoms with Crippen molar-refractivity contribution in [1.29, 1.82) is 0 Å². The van der Waals surface area contributed by atoms with E-state index in [9.17, 15) is 4.39 Å². The van der Waals surface area contributed by atoms with Gasteiger partial charge in [0.25, 0.3) is 0 Å². The molecule has 1 aliphatic carbocycles. The van der Waals surface area contributed by atoms with Gasteiger partial charge in [-0.3, -0.25) is 0 Å². The summed E-state index contributed by atoms with van der Waals surface area (Å²) >= 11 is 5.67. The highest BCUT2D eigenvalue weighted by Gasteiger charge is 2.13. The van der Waals surface area contributed by atoms with Crippen LogP contribution in [0.5, 0.6) is 5.75 Å². The highest BCUT2D eigenvalue weighted by atomic mass is 35.5. The van der Waals surface area contributed by atoms with E-state index in [2.05, 4.69) is 5.32 Å². The Hall–Kier alpha value is -0.800. The van der Waals surface area contributed by atoms with Crippen molar-refractivity contribution in [3.63, 3.8) is 0 Å². The molecule has 0 unspecified atom stereocenters. The third-order valence-electron chi connectivity index (χ3n) is 3.36. The molecular weight excluding hydrogens is 253 g/mol. The third kappa shape index (κ3) is 3.85. The average molecular weight is 272 g/mol. The van der Waals surface area contributed by atoms with Gasteiger partial charge in [0.15, 0.2) is 11.6 Å². The molecule has 18 heavy (non-hydrogen) atoms. The van der Waals surface area contributed by atoms with E-state index in [0.29, 0.717) is 6.61 Å². The molecule has 0 amide bonds. The first-order valence-electron chi connectivity index (χ1n) is 6.55. The van der Waals surface area contributed by atoms with Gasteiger partial charge < -0.3 is 10.1 Å². The van der Waals surface area contributed by atoms with Crippen LogP contribution in [0.25, 0.3) is 0 Å². The molecule has 0 saturated heterocycles. The van der Waals surface area contributed by atoms with Crippen molar-refractivity contribution in [3.05, 3.63) is 29.0 Å².